The zero-order valence-corrected chi connectivity index (χ0v) is 14.6. The molecule has 5 nitrogen and oxygen atoms in total. The number of phenols is 1. The summed E-state index contributed by atoms with van der Waals surface area (Å²) in [7, 11) is 1.71. The summed E-state index contributed by atoms with van der Waals surface area (Å²) in [5.74, 6) is 0.0123. The molecule has 0 fully saturated rings. The van der Waals surface area contributed by atoms with Gasteiger partial charge < -0.3 is 10.0 Å². The van der Waals surface area contributed by atoms with E-state index >= 15 is 0 Å². The summed E-state index contributed by atoms with van der Waals surface area (Å²) in [6, 6.07) is 8.49. The number of rotatable bonds is 2. The molecule has 0 saturated heterocycles. The van der Waals surface area contributed by atoms with Gasteiger partial charge >= 0.3 is 0 Å². The Balaban J connectivity index is 2.10. The molecule has 1 aromatic carbocycles. The molecule has 3 aromatic rings. The first-order valence-corrected chi connectivity index (χ1v) is 7.89. The first-order valence-electron chi connectivity index (χ1n) is 7.10. The molecule has 3 rings (SSSR count). The number of phenolic OH excluding ortho intramolecular Hbond substituents is 1. The highest BCUT2D eigenvalue weighted by atomic mass is 79.9. The number of aromatic nitrogens is 2. The van der Waals surface area contributed by atoms with Crippen LogP contribution in [0.1, 0.15) is 21.7 Å². The number of amides is 1. The van der Waals surface area contributed by atoms with Gasteiger partial charge in [-0.3, -0.25) is 9.20 Å². The highest BCUT2D eigenvalue weighted by Crippen LogP contribution is 2.25. The fourth-order valence-corrected chi connectivity index (χ4v) is 3.20. The minimum Gasteiger partial charge on any atom is -0.508 e. The van der Waals surface area contributed by atoms with Gasteiger partial charge in [-0.15, -0.1) is 0 Å². The molecule has 0 aliphatic carbocycles. The summed E-state index contributed by atoms with van der Waals surface area (Å²) in [4.78, 5) is 19.0. The maximum absolute atomic E-state index is 12.9. The molecule has 0 atom stereocenters. The zero-order valence-electron chi connectivity index (χ0n) is 13.0. The second kappa shape index (κ2) is 5.70. The fraction of sp³-hybridized carbons (Fsp3) is 0.176. The molecular weight excluding hydrogens is 358 g/mol. The van der Waals surface area contributed by atoms with Crippen LogP contribution in [-0.4, -0.2) is 27.4 Å². The minimum atomic E-state index is -0.154. The molecule has 0 unspecified atom stereocenters. The van der Waals surface area contributed by atoms with Gasteiger partial charge in [-0.05, 0) is 65.7 Å². The Labute approximate surface area is 142 Å². The van der Waals surface area contributed by atoms with E-state index in [4.69, 9.17) is 0 Å². The molecule has 0 aliphatic rings. The summed E-state index contributed by atoms with van der Waals surface area (Å²) < 4.78 is 2.67. The van der Waals surface area contributed by atoms with Crippen LogP contribution in [0.3, 0.4) is 0 Å². The minimum absolute atomic E-state index is 0.154. The third kappa shape index (κ3) is 2.70. The molecule has 2 aromatic heterocycles. The van der Waals surface area contributed by atoms with E-state index in [0.29, 0.717) is 17.1 Å². The number of hydrogen-bond acceptors (Lipinski definition) is 3. The average Bonchev–Trinajstić information content (AvgIpc) is 2.83. The van der Waals surface area contributed by atoms with Crippen molar-refractivity contribution in [3.05, 3.63) is 58.0 Å². The van der Waals surface area contributed by atoms with Crippen molar-refractivity contribution >= 4 is 33.2 Å². The van der Waals surface area contributed by atoms with E-state index < -0.39 is 0 Å². The summed E-state index contributed by atoms with van der Waals surface area (Å²) in [6.07, 6.45) is 1.90. The lowest BCUT2D eigenvalue weighted by molar-refractivity contribution is 0.0986. The van der Waals surface area contributed by atoms with Crippen LogP contribution in [0.25, 0.3) is 5.65 Å². The van der Waals surface area contributed by atoms with E-state index in [1.165, 1.54) is 0 Å². The number of nitrogens with zero attached hydrogens (tertiary/aromatic N) is 3. The molecule has 0 radical (unpaired) electrons. The summed E-state index contributed by atoms with van der Waals surface area (Å²) >= 11 is 3.50. The van der Waals surface area contributed by atoms with E-state index in [1.54, 1.807) is 36.2 Å². The number of carbonyl (C=O) groups is 1. The van der Waals surface area contributed by atoms with Crippen molar-refractivity contribution in [1.82, 2.24) is 9.38 Å². The third-order valence-electron chi connectivity index (χ3n) is 3.73. The van der Waals surface area contributed by atoms with Crippen LogP contribution < -0.4 is 4.90 Å². The summed E-state index contributed by atoms with van der Waals surface area (Å²) in [6.45, 7) is 3.80. The maximum Gasteiger partial charge on any atom is 0.276 e. The van der Waals surface area contributed by atoms with Crippen molar-refractivity contribution in [1.29, 1.82) is 0 Å². The van der Waals surface area contributed by atoms with Crippen LogP contribution in [0, 0.1) is 13.8 Å². The molecule has 0 aliphatic heterocycles. The van der Waals surface area contributed by atoms with Crippen LogP contribution in [0.15, 0.2) is 41.0 Å². The maximum atomic E-state index is 12.9. The largest absolute Gasteiger partial charge is 0.508 e. The average molecular weight is 374 g/mol. The van der Waals surface area contributed by atoms with Crippen molar-refractivity contribution < 1.29 is 9.90 Å². The number of fused-ring (bicyclic) bond motifs is 1. The van der Waals surface area contributed by atoms with Gasteiger partial charge in [-0.1, -0.05) is 0 Å². The number of benzene rings is 1. The number of pyridine rings is 1. The van der Waals surface area contributed by atoms with Crippen molar-refractivity contribution in [2.75, 3.05) is 11.9 Å². The predicted octanol–water partition coefficient (Wildman–Crippen LogP) is 3.70. The molecule has 23 heavy (non-hydrogen) atoms. The highest BCUT2D eigenvalue weighted by molar-refractivity contribution is 9.10. The van der Waals surface area contributed by atoms with Gasteiger partial charge in [0.1, 0.15) is 11.4 Å². The molecule has 0 bridgehead atoms. The summed E-state index contributed by atoms with van der Waals surface area (Å²) in [5, 5.41) is 9.38. The lowest BCUT2D eigenvalue weighted by Crippen LogP contribution is -2.28. The first-order chi connectivity index (χ1) is 10.9. The number of halogens is 1. The van der Waals surface area contributed by atoms with E-state index in [0.717, 1.165) is 15.7 Å². The van der Waals surface area contributed by atoms with Crippen LogP contribution in [0.4, 0.5) is 5.69 Å². The SMILES string of the molecule is Cc1cc(Br)c2nc(C)c(C(=O)N(C)c3ccc(O)cc3)n2c1. The number of aromatic hydroxyl groups is 1. The second-order valence-corrected chi connectivity index (χ2v) is 6.34. The van der Waals surface area contributed by atoms with Crippen LogP contribution in [0.2, 0.25) is 0 Å². The first kappa shape index (κ1) is 15.6. The highest BCUT2D eigenvalue weighted by Gasteiger charge is 2.22. The Morgan fingerprint density at radius 1 is 1.26 bits per heavy atom. The van der Waals surface area contributed by atoms with Crippen molar-refractivity contribution in [3.8, 4) is 5.75 Å². The number of aryl methyl sites for hydroxylation is 2. The topological polar surface area (TPSA) is 57.8 Å². The number of anilines is 1. The van der Waals surface area contributed by atoms with E-state index in [9.17, 15) is 9.90 Å². The van der Waals surface area contributed by atoms with Crippen LogP contribution >= 0.6 is 15.9 Å². The Kier molecular flexibility index (Phi) is 3.85. The van der Waals surface area contributed by atoms with Gasteiger partial charge in [0.2, 0.25) is 0 Å². The van der Waals surface area contributed by atoms with E-state index in [-0.39, 0.29) is 11.7 Å². The third-order valence-corrected chi connectivity index (χ3v) is 4.31. The Bertz CT molecular complexity index is 900. The fourth-order valence-electron chi connectivity index (χ4n) is 2.56. The van der Waals surface area contributed by atoms with Crippen LogP contribution in [-0.2, 0) is 0 Å². The zero-order chi connectivity index (χ0) is 16.7. The molecular formula is C17H16BrN3O2. The lowest BCUT2D eigenvalue weighted by Gasteiger charge is -2.17. The van der Waals surface area contributed by atoms with Gasteiger partial charge in [0, 0.05) is 18.9 Å². The van der Waals surface area contributed by atoms with E-state index in [1.807, 2.05) is 30.5 Å². The quantitative estimate of drug-likeness (QED) is 0.744. The number of imidazole rings is 1. The summed E-state index contributed by atoms with van der Waals surface area (Å²) in [5.41, 5.74) is 3.65. The number of hydrogen-bond donors (Lipinski definition) is 1. The van der Waals surface area contributed by atoms with E-state index in [2.05, 4.69) is 20.9 Å². The smallest absolute Gasteiger partial charge is 0.276 e. The Morgan fingerprint density at radius 2 is 1.91 bits per heavy atom. The Morgan fingerprint density at radius 3 is 2.57 bits per heavy atom. The molecule has 118 valence electrons. The molecule has 0 saturated carbocycles. The van der Waals surface area contributed by atoms with Crippen LogP contribution in [0.5, 0.6) is 5.75 Å². The molecule has 2 heterocycles. The van der Waals surface area contributed by atoms with Gasteiger partial charge in [0.05, 0.1) is 10.2 Å². The van der Waals surface area contributed by atoms with Gasteiger partial charge in [-0.2, -0.15) is 0 Å². The lowest BCUT2D eigenvalue weighted by atomic mass is 10.2. The molecule has 0 spiro atoms. The Hall–Kier alpha value is -2.34. The monoisotopic (exact) mass is 373 g/mol. The van der Waals surface area contributed by atoms with Crippen molar-refractivity contribution in [2.24, 2.45) is 0 Å². The predicted molar refractivity (Wildman–Crippen MR) is 93.2 cm³/mol. The van der Waals surface area contributed by atoms with Gasteiger partial charge in [-0.25, -0.2) is 4.98 Å². The molecule has 6 heteroatoms. The molecule has 1 amide bonds. The standard InChI is InChI=1S/C17H16BrN3O2/c1-10-8-14(18)16-19-11(2)15(21(16)9-10)17(23)20(3)12-4-6-13(22)7-5-12/h4-9,22H,1-3H3. The molecule has 1 N–H and O–H groups in total. The number of carbonyl (C=O) groups excluding carboxylic acids is 1. The van der Waals surface area contributed by atoms with Crippen molar-refractivity contribution in [2.45, 2.75) is 13.8 Å². The second-order valence-electron chi connectivity index (χ2n) is 5.49. The van der Waals surface area contributed by atoms with Crippen molar-refractivity contribution in [3.63, 3.8) is 0 Å². The normalized spacial score (nSPS) is 11.0. The van der Waals surface area contributed by atoms with Gasteiger partial charge in [0.15, 0.2) is 5.65 Å². The van der Waals surface area contributed by atoms with Gasteiger partial charge in [0.25, 0.3) is 5.91 Å².